The monoisotopic (exact) mass is 253 g/mol. The van der Waals surface area contributed by atoms with Gasteiger partial charge in [-0.3, -0.25) is 0 Å². The van der Waals surface area contributed by atoms with Crippen molar-refractivity contribution < 1.29 is 0 Å². The van der Waals surface area contributed by atoms with Gasteiger partial charge in [-0.2, -0.15) is 5.10 Å². The Morgan fingerprint density at radius 2 is 2.26 bits per heavy atom. The molecule has 0 aromatic carbocycles. The van der Waals surface area contributed by atoms with Crippen molar-refractivity contribution in [3.63, 3.8) is 0 Å². The molecule has 0 bridgehead atoms. The molecule has 96 valence electrons. The third kappa shape index (κ3) is 3.01. The number of aromatic nitrogens is 3. The molecule has 0 aliphatic carbocycles. The number of hydrogen-bond acceptors (Lipinski definition) is 3. The van der Waals surface area contributed by atoms with Crippen LogP contribution in [0.15, 0.2) is 53.4 Å². The second-order valence-electron chi connectivity index (χ2n) is 3.87. The molecule has 0 saturated heterocycles. The summed E-state index contributed by atoms with van der Waals surface area (Å²) in [5, 5.41) is 4.23. The van der Waals surface area contributed by atoms with Gasteiger partial charge < -0.3 is 0 Å². The van der Waals surface area contributed by atoms with Crippen molar-refractivity contribution in [2.45, 2.75) is 13.8 Å². The maximum Gasteiger partial charge on any atom is 0.177 e. The maximum absolute atomic E-state index is 4.50. The maximum atomic E-state index is 4.50. The first-order valence-electron chi connectivity index (χ1n) is 5.91. The Hall–Kier alpha value is -2.56. The molecule has 0 N–H and O–H groups in total. The molecule has 0 radical (unpaired) electrons. The summed E-state index contributed by atoms with van der Waals surface area (Å²) in [7, 11) is 0. The molecule has 5 nitrogen and oxygen atoms in total. The Morgan fingerprint density at radius 1 is 1.42 bits per heavy atom. The van der Waals surface area contributed by atoms with Crippen LogP contribution in [0.1, 0.15) is 18.2 Å². The average molecular weight is 253 g/mol. The van der Waals surface area contributed by atoms with Crippen molar-refractivity contribution in [1.29, 1.82) is 0 Å². The van der Waals surface area contributed by atoms with E-state index in [0.717, 1.165) is 11.4 Å². The quantitative estimate of drug-likeness (QED) is 0.623. The van der Waals surface area contributed by atoms with Crippen LogP contribution in [0.3, 0.4) is 0 Å². The van der Waals surface area contributed by atoms with Crippen LogP contribution in [0.25, 0.3) is 5.82 Å². The minimum Gasteiger partial charge on any atom is -0.240 e. The Morgan fingerprint density at radius 3 is 2.89 bits per heavy atom. The van der Waals surface area contributed by atoms with E-state index in [0.29, 0.717) is 11.5 Å². The molecule has 0 spiro atoms. The summed E-state index contributed by atoms with van der Waals surface area (Å²) >= 11 is 0. The highest BCUT2D eigenvalue weighted by molar-refractivity contribution is 6.01. The van der Waals surface area contributed by atoms with Crippen LogP contribution in [-0.4, -0.2) is 26.8 Å². The second-order valence-corrected chi connectivity index (χ2v) is 3.87. The molecule has 2 aromatic heterocycles. The fourth-order valence-corrected chi connectivity index (χ4v) is 1.59. The lowest BCUT2D eigenvalue weighted by molar-refractivity contribution is 0.845. The summed E-state index contributed by atoms with van der Waals surface area (Å²) < 4.78 is 1.72. The van der Waals surface area contributed by atoms with E-state index < -0.39 is 0 Å². The molecule has 0 saturated carbocycles. The van der Waals surface area contributed by atoms with Gasteiger partial charge in [0.15, 0.2) is 11.7 Å². The van der Waals surface area contributed by atoms with E-state index in [9.17, 15) is 0 Å². The van der Waals surface area contributed by atoms with Crippen LogP contribution in [0.2, 0.25) is 0 Å². The Kier molecular flexibility index (Phi) is 3.97. The van der Waals surface area contributed by atoms with Gasteiger partial charge in [0.05, 0.1) is 6.20 Å². The van der Waals surface area contributed by atoms with Gasteiger partial charge in [-0.05, 0) is 31.5 Å². The Bertz CT molecular complexity index is 637. The fourth-order valence-electron chi connectivity index (χ4n) is 1.59. The first-order valence-corrected chi connectivity index (χ1v) is 5.91. The van der Waals surface area contributed by atoms with Gasteiger partial charge in [0.2, 0.25) is 0 Å². The SMILES string of the molecule is C=CN=C(N=CC)c1cccc(-n2cc(C)cn2)n1. The summed E-state index contributed by atoms with van der Waals surface area (Å²) in [6.07, 6.45) is 6.83. The number of aryl methyl sites for hydroxylation is 1. The number of nitrogens with zero attached hydrogens (tertiary/aromatic N) is 5. The lowest BCUT2D eigenvalue weighted by Crippen LogP contribution is -2.05. The number of rotatable bonds is 3. The Balaban J connectivity index is 2.44. The summed E-state index contributed by atoms with van der Waals surface area (Å²) in [5.74, 6) is 1.26. The molecule has 0 atom stereocenters. The van der Waals surface area contributed by atoms with Crippen LogP contribution >= 0.6 is 0 Å². The van der Waals surface area contributed by atoms with Crippen LogP contribution in [-0.2, 0) is 0 Å². The zero-order valence-corrected chi connectivity index (χ0v) is 11.0. The molecule has 19 heavy (non-hydrogen) atoms. The lowest BCUT2D eigenvalue weighted by Gasteiger charge is -2.03. The van der Waals surface area contributed by atoms with E-state index in [1.165, 1.54) is 6.20 Å². The molecular formula is C14H15N5. The van der Waals surface area contributed by atoms with E-state index in [1.54, 1.807) is 17.1 Å². The predicted octanol–water partition coefficient (Wildman–Crippen LogP) is 2.56. The third-order valence-electron chi connectivity index (χ3n) is 2.37. The van der Waals surface area contributed by atoms with Crippen molar-refractivity contribution in [3.8, 4) is 5.82 Å². The average Bonchev–Trinajstić information content (AvgIpc) is 2.85. The lowest BCUT2D eigenvalue weighted by atomic mass is 10.3. The van der Waals surface area contributed by atoms with E-state index in [1.807, 2.05) is 38.2 Å². The van der Waals surface area contributed by atoms with Crippen LogP contribution in [0.4, 0.5) is 0 Å². The normalized spacial score (nSPS) is 12.0. The summed E-state index contributed by atoms with van der Waals surface area (Å²) in [5.41, 5.74) is 1.77. The summed E-state index contributed by atoms with van der Waals surface area (Å²) in [6.45, 7) is 7.40. The van der Waals surface area contributed by atoms with Gasteiger partial charge in [0, 0.05) is 18.6 Å². The minimum atomic E-state index is 0.531. The van der Waals surface area contributed by atoms with Gasteiger partial charge in [-0.1, -0.05) is 12.6 Å². The molecule has 0 aliphatic rings. The Labute approximate surface area is 112 Å². The molecule has 0 amide bonds. The highest BCUT2D eigenvalue weighted by atomic mass is 15.3. The van der Waals surface area contributed by atoms with Crippen LogP contribution in [0, 0.1) is 6.92 Å². The van der Waals surface area contributed by atoms with E-state index >= 15 is 0 Å². The van der Waals surface area contributed by atoms with Crippen molar-refractivity contribution in [2.75, 3.05) is 0 Å². The molecule has 0 aliphatic heterocycles. The number of hydrogen-bond donors (Lipinski definition) is 0. The van der Waals surface area contributed by atoms with Crippen LogP contribution < -0.4 is 0 Å². The standard InChI is InChI=1S/C14H15N5/c1-4-15-14(16-5-2)12-7-6-8-13(18-12)19-10-11(3)9-17-19/h4-10H,1H2,2-3H3. The molecule has 0 unspecified atom stereocenters. The minimum absolute atomic E-state index is 0.531. The van der Waals surface area contributed by atoms with E-state index in [2.05, 4.69) is 26.6 Å². The number of aliphatic imine (C=N–C) groups is 2. The van der Waals surface area contributed by atoms with Crippen molar-refractivity contribution in [3.05, 3.63) is 54.6 Å². The molecule has 0 fully saturated rings. The van der Waals surface area contributed by atoms with Gasteiger partial charge in [-0.15, -0.1) is 0 Å². The van der Waals surface area contributed by atoms with E-state index in [-0.39, 0.29) is 0 Å². The second kappa shape index (κ2) is 5.86. The van der Waals surface area contributed by atoms with Gasteiger partial charge in [0.25, 0.3) is 0 Å². The van der Waals surface area contributed by atoms with Crippen LogP contribution in [0.5, 0.6) is 0 Å². The molecule has 2 heterocycles. The fraction of sp³-hybridized carbons (Fsp3) is 0.143. The highest BCUT2D eigenvalue weighted by Crippen LogP contribution is 2.08. The summed E-state index contributed by atoms with van der Waals surface area (Å²) in [4.78, 5) is 12.8. The number of amidine groups is 1. The predicted molar refractivity (Wildman–Crippen MR) is 77.0 cm³/mol. The third-order valence-corrected chi connectivity index (χ3v) is 2.37. The largest absolute Gasteiger partial charge is 0.240 e. The zero-order valence-electron chi connectivity index (χ0n) is 11.0. The zero-order chi connectivity index (χ0) is 13.7. The first-order chi connectivity index (χ1) is 9.24. The van der Waals surface area contributed by atoms with E-state index in [4.69, 9.17) is 0 Å². The van der Waals surface area contributed by atoms with Crippen molar-refractivity contribution >= 4 is 12.1 Å². The van der Waals surface area contributed by atoms with Crippen molar-refractivity contribution in [1.82, 2.24) is 14.8 Å². The van der Waals surface area contributed by atoms with Gasteiger partial charge in [-0.25, -0.2) is 19.7 Å². The van der Waals surface area contributed by atoms with Gasteiger partial charge >= 0.3 is 0 Å². The smallest absolute Gasteiger partial charge is 0.177 e. The molecule has 2 rings (SSSR count). The topological polar surface area (TPSA) is 55.4 Å². The van der Waals surface area contributed by atoms with Crippen molar-refractivity contribution in [2.24, 2.45) is 9.98 Å². The molecule has 5 heteroatoms. The highest BCUT2D eigenvalue weighted by Gasteiger charge is 2.05. The number of pyridine rings is 1. The molecule has 2 aromatic rings. The first kappa shape index (κ1) is 12.9. The molecular weight excluding hydrogens is 238 g/mol. The van der Waals surface area contributed by atoms with Gasteiger partial charge in [0.1, 0.15) is 5.69 Å². The summed E-state index contributed by atoms with van der Waals surface area (Å²) in [6, 6.07) is 5.64.